The quantitative estimate of drug-likeness (QED) is 0.857. The van der Waals surface area contributed by atoms with Crippen molar-refractivity contribution in [1.29, 1.82) is 0 Å². The van der Waals surface area contributed by atoms with Crippen molar-refractivity contribution in [1.82, 2.24) is 4.98 Å². The highest BCUT2D eigenvalue weighted by atomic mass is 79.9. The van der Waals surface area contributed by atoms with E-state index in [1.54, 1.807) is 18.3 Å². The first-order chi connectivity index (χ1) is 9.13. The Morgan fingerprint density at radius 1 is 1.32 bits per heavy atom. The van der Waals surface area contributed by atoms with Gasteiger partial charge >= 0.3 is 0 Å². The van der Waals surface area contributed by atoms with E-state index in [9.17, 15) is 4.39 Å². The largest absolute Gasteiger partial charge is 0.496 e. The molecule has 0 saturated heterocycles. The van der Waals surface area contributed by atoms with Gasteiger partial charge in [-0.15, -0.1) is 0 Å². The molecule has 2 rings (SSSR count). The van der Waals surface area contributed by atoms with Crippen molar-refractivity contribution in [2.75, 3.05) is 12.4 Å². The topological polar surface area (TPSA) is 34.1 Å². The van der Waals surface area contributed by atoms with Crippen LogP contribution in [0.15, 0.2) is 41.1 Å². The van der Waals surface area contributed by atoms with Crippen LogP contribution in [0, 0.1) is 5.82 Å². The SMILES string of the molecule is COc1cccc(F)c1C(C)Nc1cccnc1Br. The van der Waals surface area contributed by atoms with Gasteiger partial charge in [-0.3, -0.25) is 0 Å². The number of anilines is 1. The summed E-state index contributed by atoms with van der Waals surface area (Å²) in [5.74, 6) is 0.236. The highest BCUT2D eigenvalue weighted by Crippen LogP contribution is 2.31. The van der Waals surface area contributed by atoms with Gasteiger partial charge in [0, 0.05) is 6.20 Å². The lowest BCUT2D eigenvalue weighted by molar-refractivity contribution is 0.402. The predicted molar refractivity (Wildman–Crippen MR) is 76.9 cm³/mol. The van der Waals surface area contributed by atoms with Crippen molar-refractivity contribution in [2.24, 2.45) is 0 Å². The number of pyridine rings is 1. The average Bonchev–Trinajstić information content (AvgIpc) is 2.40. The molecule has 3 nitrogen and oxygen atoms in total. The van der Waals surface area contributed by atoms with E-state index in [0.717, 1.165) is 5.69 Å². The van der Waals surface area contributed by atoms with Crippen molar-refractivity contribution in [3.8, 4) is 5.75 Å². The van der Waals surface area contributed by atoms with Crippen molar-refractivity contribution < 1.29 is 9.13 Å². The van der Waals surface area contributed by atoms with E-state index in [4.69, 9.17) is 4.74 Å². The average molecular weight is 325 g/mol. The van der Waals surface area contributed by atoms with E-state index in [1.807, 2.05) is 19.1 Å². The molecule has 0 fully saturated rings. The molecule has 0 amide bonds. The van der Waals surface area contributed by atoms with Crippen molar-refractivity contribution in [2.45, 2.75) is 13.0 Å². The van der Waals surface area contributed by atoms with Gasteiger partial charge in [0.2, 0.25) is 0 Å². The summed E-state index contributed by atoms with van der Waals surface area (Å²) in [6, 6.07) is 8.25. The summed E-state index contributed by atoms with van der Waals surface area (Å²) in [6.45, 7) is 1.88. The van der Waals surface area contributed by atoms with E-state index >= 15 is 0 Å². The van der Waals surface area contributed by atoms with Crippen LogP contribution in [-0.4, -0.2) is 12.1 Å². The molecule has 0 spiro atoms. The number of methoxy groups -OCH3 is 1. The fourth-order valence-electron chi connectivity index (χ4n) is 1.91. The molecule has 2 aromatic rings. The monoisotopic (exact) mass is 324 g/mol. The Hall–Kier alpha value is -1.62. The summed E-state index contributed by atoms with van der Waals surface area (Å²) in [5.41, 5.74) is 1.31. The minimum atomic E-state index is -0.292. The van der Waals surface area contributed by atoms with Gasteiger partial charge in [-0.1, -0.05) is 6.07 Å². The fourth-order valence-corrected chi connectivity index (χ4v) is 2.28. The van der Waals surface area contributed by atoms with E-state index in [2.05, 4.69) is 26.2 Å². The minimum Gasteiger partial charge on any atom is -0.496 e. The second kappa shape index (κ2) is 6.02. The van der Waals surface area contributed by atoms with Crippen LogP contribution in [0.3, 0.4) is 0 Å². The number of benzene rings is 1. The van der Waals surface area contributed by atoms with Crippen molar-refractivity contribution in [3.63, 3.8) is 0 Å². The molecular formula is C14H14BrFN2O. The third-order valence-electron chi connectivity index (χ3n) is 2.80. The molecule has 100 valence electrons. The summed E-state index contributed by atoms with van der Waals surface area (Å²) in [5, 5.41) is 3.21. The van der Waals surface area contributed by atoms with Gasteiger partial charge in [0.25, 0.3) is 0 Å². The van der Waals surface area contributed by atoms with Crippen molar-refractivity contribution >= 4 is 21.6 Å². The number of halogens is 2. The Kier molecular flexibility index (Phi) is 4.37. The van der Waals surface area contributed by atoms with Gasteiger partial charge in [-0.05, 0) is 47.1 Å². The predicted octanol–water partition coefficient (Wildman–Crippen LogP) is 4.16. The molecule has 0 bridgehead atoms. The first-order valence-corrected chi connectivity index (χ1v) is 6.62. The van der Waals surface area contributed by atoms with Crippen LogP contribution in [0.2, 0.25) is 0 Å². The summed E-state index contributed by atoms with van der Waals surface area (Å²) >= 11 is 3.35. The van der Waals surface area contributed by atoms with Gasteiger partial charge in [0.05, 0.1) is 24.4 Å². The molecule has 1 atom stereocenters. The summed E-state index contributed by atoms with van der Waals surface area (Å²) in [7, 11) is 1.53. The molecule has 1 N–H and O–H groups in total. The second-order valence-electron chi connectivity index (χ2n) is 4.06. The zero-order valence-corrected chi connectivity index (χ0v) is 12.2. The third-order valence-corrected chi connectivity index (χ3v) is 3.43. The Labute approximate surface area is 119 Å². The lowest BCUT2D eigenvalue weighted by Crippen LogP contribution is -2.11. The molecule has 1 aromatic heterocycles. The maximum atomic E-state index is 13.9. The van der Waals surface area contributed by atoms with E-state index in [0.29, 0.717) is 15.9 Å². The van der Waals surface area contributed by atoms with Crippen LogP contribution < -0.4 is 10.1 Å². The molecule has 1 aromatic carbocycles. The first kappa shape index (κ1) is 13.8. The van der Waals surface area contributed by atoms with E-state index in [-0.39, 0.29) is 11.9 Å². The first-order valence-electron chi connectivity index (χ1n) is 5.83. The highest BCUT2D eigenvalue weighted by Gasteiger charge is 2.17. The van der Waals surface area contributed by atoms with Crippen LogP contribution in [0.5, 0.6) is 5.75 Å². The molecule has 0 aliphatic rings. The number of nitrogens with one attached hydrogen (secondary N) is 1. The number of aromatic nitrogens is 1. The van der Waals surface area contributed by atoms with Crippen LogP contribution in [0.1, 0.15) is 18.5 Å². The van der Waals surface area contributed by atoms with Crippen LogP contribution >= 0.6 is 15.9 Å². The molecule has 0 aliphatic heterocycles. The molecule has 0 aliphatic carbocycles. The number of nitrogens with zero attached hydrogens (tertiary/aromatic N) is 1. The Morgan fingerprint density at radius 2 is 2.11 bits per heavy atom. The Morgan fingerprint density at radius 3 is 2.79 bits per heavy atom. The molecule has 1 heterocycles. The lowest BCUT2D eigenvalue weighted by Gasteiger charge is -2.19. The molecule has 1 unspecified atom stereocenters. The Bertz CT molecular complexity index is 577. The molecule has 5 heteroatoms. The zero-order chi connectivity index (χ0) is 13.8. The summed E-state index contributed by atoms with van der Waals surface area (Å²) in [6.07, 6.45) is 1.68. The number of ether oxygens (including phenoxy) is 1. The smallest absolute Gasteiger partial charge is 0.132 e. The van der Waals surface area contributed by atoms with Crippen LogP contribution in [-0.2, 0) is 0 Å². The van der Waals surface area contributed by atoms with Crippen molar-refractivity contribution in [3.05, 3.63) is 52.5 Å². The second-order valence-corrected chi connectivity index (χ2v) is 4.81. The lowest BCUT2D eigenvalue weighted by atomic mass is 10.1. The van der Waals surface area contributed by atoms with E-state index in [1.165, 1.54) is 13.2 Å². The van der Waals surface area contributed by atoms with Gasteiger partial charge in [-0.25, -0.2) is 9.37 Å². The van der Waals surface area contributed by atoms with Gasteiger partial charge < -0.3 is 10.1 Å². The fraction of sp³-hybridized carbons (Fsp3) is 0.214. The number of hydrogen-bond acceptors (Lipinski definition) is 3. The maximum Gasteiger partial charge on any atom is 0.132 e. The van der Waals surface area contributed by atoms with Crippen LogP contribution in [0.25, 0.3) is 0 Å². The third kappa shape index (κ3) is 3.04. The van der Waals surface area contributed by atoms with Gasteiger partial charge in [0.1, 0.15) is 16.2 Å². The zero-order valence-electron chi connectivity index (χ0n) is 10.7. The highest BCUT2D eigenvalue weighted by molar-refractivity contribution is 9.10. The molecule has 19 heavy (non-hydrogen) atoms. The summed E-state index contributed by atoms with van der Waals surface area (Å²) < 4.78 is 19.8. The van der Waals surface area contributed by atoms with Gasteiger partial charge in [-0.2, -0.15) is 0 Å². The number of rotatable bonds is 4. The number of hydrogen-bond donors (Lipinski definition) is 1. The summed E-state index contributed by atoms with van der Waals surface area (Å²) in [4.78, 5) is 4.12. The molecule has 0 saturated carbocycles. The minimum absolute atomic E-state index is 0.239. The normalized spacial score (nSPS) is 12.0. The maximum absolute atomic E-state index is 13.9. The van der Waals surface area contributed by atoms with E-state index < -0.39 is 0 Å². The van der Waals surface area contributed by atoms with Gasteiger partial charge in [0.15, 0.2) is 0 Å². The molecule has 0 radical (unpaired) electrons. The molecular weight excluding hydrogens is 311 g/mol. The Balaban J connectivity index is 2.30. The standard InChI is InChI=1S/C14H14BrFN2O/c1-9(18-11-6-4-8-17-14(11)15)13-10(16)5-3-7-12(13)19-2/h3-9,18H,1-2H3. The van der Waals surface area contributed by atoms with Crippen LogP contribution in [0.4, 0.5) is 10.1 Å².